The Hall–Kier alpha value is -0.610. The molecule has 4 nitrogen and oxygen atoms in total. The lowest BCUT2D eigenvalue weighted by Crippen LogP contribution is -2.55. The summed E-state index contributed by atoms with van der Waals surface area (Å²) in [6, 6.07) is 0.208. The van der Waals surface area contributed by atoms with E-state index in [1.807, 2.05) is 6.92 Å². The summed E-state index contributed by atoms with van der Waals surface area (Å²) in [5.74, 6) is -0.779. The van der Waals surface area contributed by atoms with Crippen LogP contribution in [0.1, 0.15) is 54.4 Å². The van der Waals surface area contributed by atoms with Crippen molar-refractivity contribution in [3.05, 3.63) is 0 Å². The Morgan fingerprint density at radius 2 is 1.83 bits per heavy atom. The van der Waals surface area contributed by atoms with Crippen molar-refractivity contribution in [3.63, 3.8) is 0 Å². The second kappa shape index (κ2) is 6.53. The molecule has 2 atom stereocenters. The van der Waals surface area contributed by atoms with E-state index in [4.69, 9.17) is 0 Å². The molecule has 0 saturated carbocycles. The van der Waals surface area contributed by atoms with Crippen LogP contribution >= 0.6 is 0 Å². The number of hydrogen-bond acceptors (Lipinski definition) is 3. The molecular weight excluding hydrogens is 228 g/mol. The standard InChI is InChI=1S/C14H30N2O2/c1-8-13(4,5)16(7)11(3)10-14(6,12(17)18)15-9-2/h11,15H,8-10H2,1-7H3,(H,17,18). The summed E-state index contributed by atoms with van der Waals surface area (Å²) in [5, 5.41) is 12.5. The van der Waals surface area contributed by atoms with Crippen LogP contribution in [-0.4, -0.2) is 46.7 Å². The molecule has 0 bridgehead atoms. The summed E-state index contributed by atoms with van der Waals surface area (Å²) < 4.78 is 0. The first kappa shape index (κ1) is 17.4. The molecule has 4 heteroatoms. The first-order valence-corrected chi connectivity index (χ1v) is 6.82. The fraction of sp³-hybridized carbons (Fsp3) is 0.929. The highest BCUT2D eigenvalue weighted by molar-refractivity contribution is 5.78. The minimum absolute atomic E-state index is 0.0883. The van der Waals surface area contributed by atoms with Crippen LogP contribution in [0, 0.1) is 0 Å². The lowest BCUT2D eigenvalue weighted by Gasteiger charge is -2.42. The third-order valence-corrected chi connectivity index (χ3v) is 4.22. The largest absolute Gasteiger partial charge is 0.480 e. The molecule has 0 radical (unpaired) electrons. The number of nitrogens with zero attached hydrogens (tertiary/aromatic N) is 1. The third-order valence-electron chi connectivity index (χ3n) is 4.22. The van der Waals surface area contributed by atoms with Gasteiger partial charge in [0.05, 0.1) is 0 Å². The number of aliphatic carboxylic acids is 1. The summed E-state index contributed by atoms with van der Waals surface area (Å²) in [6.07, 6.45) is 1.63. The molecule has 0 aromatic heterocycles. The minimum atomic E-state index is -0.855. The smallest absolute Gasteiger partial charge is 0.323 e. The maximum atomic E-state index is 11.4. The molecule has 0 aliphatic rings. The zero-order valence-corrected chi connectivity index (χ0v) is 13.0. The molecule has 2 unspecified atom stereocenters. The van der Waals surface area contributed by atoms with E-state index in [0.29, 0.717) is 13.0 Å². The van der Waals surface area contributed by atoms with Gasteiger partial charge in [0.15, 0.2) is 0 Å². The molecule has 0 spiro atoms. The number of rotatable bonds is 8. The average Bonchev–Trinajstić information content (AvgIpc) is 2.27. The molecule has 0 aromatic rings. The van der Waals surface area contributed by atoms with Gasteiger partial charge in [-0.15, -0.1) is 0 Å². The van der Waals surface area contributed by atoms with Crippen molar-refractivity contribution in [1.82, 2.24) is 10.2 Å². The highest BCUT2D eigenvalue weighted by Gasteiger charge is 2.36. The van der Waals surface area contributed by atoms with Crippen LogP contribution in [0.15, 0.2) is 0 Å². The van der Waals surface area contributed by atoms with E-state index in [1.165, 1.54) is 0 Å². The second-order valence-corrected chi connectivity index (χ2v) is 6.00. The Kier molecular flexibility index (Phi) is 6.30. The minimum Gasteiger partial charge on any atom is -0.480 e. The van der Waals surface area contributed by atoms with Crippen molar-refractivity contribution in [2.45, 2.75) is 71.5 Å². The summed E-state index contributed by atoms with van der Waals surface area (Å²) in [5.41, 5.74) is -0.767. The highest BCUT2D eigenvalue weighted by Crippen LogP contribution is 2.24. The predicted molar refractivity (Wildman–Crippen MR) is 75.9 cm³/mol. The highest BCUT2D eigenvalue weighted by atomic mass is 16.4. The zero-order valence-electron chi connectivity index (χ0n) is 13.0. The van der Waals surface area contributed by atoms with Gasteiger partial charge in [0.2, 0.25) is 0 Å². The van der Waals surface area contributed by atoms with Gasteiger partial charge in [-0.3, -0.25) is 9.69 Å². The van der Waals surface area contributed by atoms with Crippen molar-refractivity contribution in [1.29, 1.82) is 0 Å². The van der Waals surface area contributed by atoms with E-state index in [0.717, 1.165) is 6.42 Å². The Balaban J connectivity index is 4.81. The number of hydrogen-bond donors (Lipinski definition) is 2. The first-order chi connectivity index (χ1) is 8.10. The first-order valence-electron chi connectivity index (χ1n) is 6.82. The summed E-state index contributed by atoms with van der Waals surface area (Å²) in [6.45, 7) is 13.0. The van der Waals surface area contributed by atoms with Gasteiger partial charge in [-0.05, 0) is 54.1 Å². The number of nitrogens with one attached hydrogen (secondary N) is 1. The van der Waals surface area contributed by atoms with Gasteiger partial charge in [0.1, 0.15) is 5.54 Å². The van der Waals surface area contributed by atoms with Gasteiger partial charge in [-0.2, -0.15) is 0 Å². The van der Waals surface area contributed by atoms with Crippen molar-refractivity contribution < 1.29 is 9.90 Å². The van der Waals surface area contributed by atoms with E-state index in [9.17, 15) is 9.90 Å². The molecule has 0 fully saturated rings. The number of carboxylic acids is 1. The molecule has 2 N–H and O–H groups in total. The van der Waals surface area contributed by atoms with Gasteiger partial charge in [0, 0.05) is 11.6 Å². The van der Waals surface area contributed by atoms with Crippen molar-refractivity contribution in [2.24, 2.45) is 0 Å². The van der Waals surface area contributed by atoms with Crippen LogP contribution < -0.4 is 5.32 Å². The molecule has 18 heavy (non-hydrogen) atoms. The monoisotopic (exact) mass is 258 g/mol. The van der Waals surface area contributed by atoms with Gasteiger partial charge in [-0.1, -0.05) is 13.8 Å². The van der Waals surface area contributed by atoms with Crippen molar-refractivity contribution >= 4 is 5.97 Å². The zero-order chi connectivity index (χ0) is 14.6. The van der Waals surface area contributed by atoms with Crippen LogP contribution in [-0.2, 0) is 4.79 Å². The molecule has 0 heterocycles. The Bertz CT molecular complexity index is 279. The van der Waals surface area contributed by atoms with Crippen molar-refractivity contribution in [2.75, 3.05) is 13.6 Å². The Morgan fingerprint density at radius 1 is 1.33 bits per heavy atom. The summed E-state index contributed by atoms with van der Waals surface area (Å²) in [4.78, 5) is 13.7. The van der Waals surface area contributed by atoms with E-state index in [-0.39, 0.29) is 11.6 Å². The van der Waals surface area contributed by atoms with Crippen LogP contribution in [0.3, 0.4) is 0 Å². The molecule has 0 aliphatic heterocycles. The quantitative estimate of drug-likeness (QED) is 0.701. The number of carboxylic acid groups (broad SMARTS) is 1. The van der Waals surface area contributed by atoms with E-state index in [1.54, 1.807) is 6.92 Å². The van der Waals surface area contributed by atoms with Crippen LogP contribution in [0.5, 0.6) is 0 Å². The molecule has 0 rings (SSSR count). The van der Waals surface area contributed by atoms with Crippen LogP contribution in [0.2, 0.25) is 0 Å². The maximum Gasteiger partial charge on any atom is 0.323 e. The molecule has 0 amide bonds. The van der Waals surface area contributed by atoms with Gasteiger partial charge in [-0.25, -0.2) is 0 Å². The van der Waals surface area contributed by atoms with E-state index < -0.39 is 11.5 Å². The lowest BCUT2D eigenvalue weighted by molar-refractivity contribution is -0.145. The summed E-state index contributed by atoms with van der Waals surface area (Å²) in [7, 11) is 2.07. The molecule has 0 saturated heterocycles. The van der Waals surface area contributed by atoms with Crippen LogP contribution in [0.25, 0.3) is 0 Å². The lowest BCUT2D eigenvalue weighted by atomic mass is 9.90. The van der Waals surface area contributed by atoms with E-state index >= 15 is 0 Å². The average molecular weight is 258 g/mol. The van der Waals surface area contributed by atoms with E-state index in [2.05, 4.69) is 45.0 Å². The normalized spacial score (nSPS) is 17.6. The fourth-order valence-corrected chi connectivity index (χ4v) is 2.20. The van der Waals surface area contributed by atoms with Crippen LogP contribution in [0.4, 0.5) is 0 Å². The Morgan fingerprint density at radius 3 is 2.17 bits per heavy atom. The van der Waals surface area contributed by atoms with Crippen molar-refractivity contribution in [3.8, 4) is 0 Å². The predicted octanol–water partition coefficient (Wildman–Crippen LogP) is 2.34. The fourth-order valence-electron chi connectivity index (χ4n) is 2.20. The van der Waals surface area contributed by atoms with Gasteiger partial charge >= 0.3 is 5.97 Å². The van der Waals surface area contributed by atoms with Gasteiger partial charge < -0.3 is 10.4 Å². The molecule has 0 aliphatic carbocycles. The molecule has 108 valence electrons. The SMILES string of the molecule is CCNC(C)(CC(C)N(C)C(C)(C)CC)C(=O)O. The third kappa shape index (κ3) is 4.25. The molecule has 0 aromatic carbocycles. The summed E-state index contributed by atoms with van der Waals surface area (Å²) >= 11 is 0. The maximum absolute atomic E-state index is 11.4. The topological polar surface area (TPSA) is 52.6 Å². The number of carbonyl (C=O) groups is 1. The Labute approximate surface area is 112 Å². The second-order valence-electron chi connectivity index (χ2n) is 6.00. The number of likely N-dealkylation sites (N-methyl/N-ethyl adjacent to an activating group) is 1. The molecular formula is C14H30N2O2. The van der Waals surface area contributed by atoms with Gasteiger partial charge in [0.25, 0.3) is 0 Å².